The standard InChI is InChI=1S/C14H12Cl2FN/c15-12-5-1-3-10(7-12)8-18-9-11-4-2-6-13(16)14(11)17/h1-7,18H,8-9H2. The minimum atomic E-state index is -0.363. The Bertz CT molecular complexity index is 543. The van der Waals surface area contributed by atoms with E-state index in [0.29, 0.717) is 23.7 Å². The highest BCUT2D eigenvalue weighted by molar-refractivity contribution is 6.31. The Morgan fingerprint density at radius 2 is 1.78 bits per heavy atom. The van der Waals surface area contributed by atoms with E-state index in [1.165, 1.54) is 6.07 Å². The molecule has 18 heavy (non-hydrogen) atoms. The van der Waals surface area contributed by atoms with Gasteiger partial charge in [-0.15, -0.1) is 0 Å². The summed E-state index contributed by atoms with van der Waals surface area (Å²) in [6.07, 6.45) is 0. The Labute approximate surface area is 116 Å². The van der Waals surface area contributed by atoms with Crippen LogP contribution < -0.4 is 5.32 Å². The summed E-state index contributed by atoms with van der Waals surface area (Å²) in [6.45, 7) is 1.06. The van der Waals surface area contributed by atoms with Crippen molar-refractivity contribution >= 4 is 23.2 Å². The van der Waals surface area contributed by atoms with E-state index in [-0.39, 0.29) is 10.8 Å². The normalized spacial score (nSPS) is 10.6. The molecule has 0 aromatic heterocycles. The Morgan fingerprint density at radius 3 is 2.56 bits per heavy atom. The van der Waals surface area contributed by atoms with Crippen molar-refractivity contribution in [3.8, 4) is 0 Å². The molecular formula is C14H12Cl2FN. The van der Waals surface area contributed by atoms with Gasteiger partial charge in [-0.2, -0.15) is 0 Å². The second-order valence-corrected chi connectivity index (χ2v) is 4.79. The highest BCUT2D eigenvalue weighted by atomic mass is 35.5. The van der Waals surface area contributed by atoms with Crippen molar-refractivity contribution in [2.75, 3.05) is 0 Å². The van der Waals surface area contributed by atoms with Gasteiger partial charge in [0.25, 0.3) is 0 Å². The first-order valence-corrected chi connectivity index (χ1v) is 6.30. The van der Waals surface area contributed by atoms with E-state index >= 15 is 0 Å². The molecule has 0 atom stereocenters. The minimum absolute atomic E-state index is 0.150. The average molecular weight is 284 g/mol. The van der Waals surface area contributed by atoms with E-state index < -0.39 is 0 Å². The second kappa shape index (κ2) is 6.19. The van der Waals surface area contributed by atoms with Gasteiger partial charge in [-0.05, 0) is 23.8 Å². The van der Waals surface area contributed by atoms with Gasteiger partial charge in [-0.1, -0.05) is 47.5 Å². The lowest BCUT2D eigenvalue weighted by Gasteiger charge is -2.07. The summed E-state index contributed by atoms with van der Waals surface area (Å²) in [5.41, 5.74) is 1.62. The molecule has 1 nitrogen and oxygen atoms in total. The molecule has 94 valence electrons. The third-order valence-corrected chi connectivity index (χ3v) is 3.09. The summed E-state index contributed by atoms with van der Waals surface area (Å²) in [5.74, 6) is -0.363. The molecule has 0 aliphatic heterocycles. The monoisotopic (exact) mass is 283 g/mol. The summed E-state index contributed by atoms with van der Waals surface area (Å²) in [7, 11) is 0. The van der Waals surface area contributed by atoms with Crippen molar-refractivity contribution in [2.24, 2.45) is 0 Å². The summed E-state index contributed by atoms with van der Waals surface area (Å²) in [5, 5.41) is 4.00. The SMILES string of the molecule is Fc1c(Cl)cccc1CNCc1cccc(Cl)c1. The van der Waals surface area contributed by atoms with Crippen LogP contribution in [0.25, 0.3) is 0 Å². The molecule has 0 bridgehead atoms. The Hall–Kier alpha value is -1.09. The molecular weight excluding hydrogens is 272 g/mol. The Kier molecular flexibility index (Phi) is 4.59. The first-order valence-electron chi connectivity index (χ1n) is 5.55. The largest absolute Gasteiger partial charge is 0.309 e. The maximum atomic E-state index is 13.6. The fraction of sp³-hybridized carbons (Fsp3) is 0.143. The van der Waals surface area contributed by atoms with Crippen LogP contribution in [0.3, 0.4) is 0 Å². The fourth-order valence-corrected chi connectivity index (χ4v) is 2.08. The van der Waals surface area contributed by atoms with Crippen LogP contribution in [0.15, 0.2) is 42.5 Å². The van der Waals surface area contributed by atoms with Gasteiger partial charge in [0.1, 0.15) is 5.82 Å². The molecule has 2 aromatic carbocycles. The third kappa shape index (κ3) is 3.45. The predicted molar refractivity (Wildman–Crippen MR) is 73.4 cm³/mol. The molecule has 0 fully saturated rings. The average Bonchev–Trinajstić information content (AvgIpc) is 2.35. The molecule has 1 N–H and O–H groups in total. The van der Waals surface area contributed by atoms with Crippen molar-refractivity contribution in [2.45, 2.75) is 13.1 Å². The maximum Gasteiger partial charge on any atom is 0.146 e. The number of rotatable bonds is 4. The van der Waals surface area contributed by atoms with Gasteiger partial charge in [0, 0.05) is 23.7 Å². The lowest BCUT2D eigenvalue weighted by Crippen LogP contribution is -2.13. The lowest BCUT2D eigenvalue weighted by molar-refractivity contribution is 0.588. The number of hydrogen-bond donors (Lipinski definition) is 1. The number of benzene rings is 2. The maximum absolute atomic E-state index is 13.6. The minimum Gasteiger partial charge on any atom is -0.309 e. The molecule has 2 rings (SSSR count). The smallest absolute Gasteiger partial charge is 0.146 e. The van der Waals surface area contributed by atoms with Gasteiger partial charge in [0.05, 0.1) is 5.02 Å². The lowest BCUT2D eigenvalue weighted by atomic mass is 10.2. The van der Waals surface area contributed by atoms with E-state index in [1.54, 1.807) is 12.1 Å². The van der Waals surface area contributed by atoms with E-state index in [0.717, 1.165) is 5.56 Å². The highest BCUT2D eigenvalue weighted by Crippen LogP contribution is 2.17. The zero-order valence-corrected chi connectivity index (χ0v) is 11.1. The molecule has 0 aliphatic rings. The van der Waals surface area contributed by atoms with Crippen LogP contribution in [0.5, 0.6) is 0 Å². The van der Waals surface area contributed by atoms with E-state index in [2.05, 4.69) is 5.32 Å². The second-order valence-electron chi connectivity index (χ2n) is 3.95. The molecule has 0 saturated heterocycles. The van der Waals surface area contributed by atoms with Crippen LogP contribution in [-0.2, 0) is 13.1 Å². The molecule has 0 unspecified atom stereocenters. The Morgan fingerprint density at radius 1 is 1.00 bits per heavy atom. The Balaban J connectivity index is 1.94. The van der Waals surface area contributed by atoms with Gasteiger partial charge in [-0.25, -0.2) is 4.39 Å². The first kappa shape index (κ1) is 13.3. The third-order valence-electron chi connectivity index (χ3n) is 2.57. The zero-order chi connectivity index (χ0) is 13.0. The van der Waals surface area contributed by atoms with Crippen molar-refractivity contribution in [3.05, 3.63) is 69.5 Å². The van der Waals surface area contributed by atoms with E-state index in [9.17, 15) is 4.39 Å². The van der Waals surface area contributed by atoms with Gasteiger partial charge < -0.3 is 5.32 Å². The van der Waals surface area contributed by atoms with Gasteiger partial charge >= 0.3 is 0 Å². The van der Waals surface area contributed by atoms with E-state index in [1.807, 2.05) is 24.3 Å². The summed E-state index contributed by atoms with van der Waals surface area (Å²) < 4.78 is 13.6. The van der Waals surface area contributed by atoms with E-state index in [4.69, 9.17) is 23.2 Å². The van der Waals surface area contributed by atoms with Crippen LogP contribution in [0.1, 0.15) is 11.1 Å². The molecule has 4 heteroatoms. The molecule has 0 heterocycles. The van der Waals surface area contributed by atoms with Gasteiger partial charge in [-0.3, -0.25) is 0 Å². The summed E-state index contributed by atoms with van der Waals surface area (Å²) in [4.78, 5) is 0. The number of halogens is 3. The summed E-state index contributed by atoms with van der Waals surface area (Å²) >= 11 is 11.6. The molecule has 0 aliphatic carbocycles. The summed E-state index contributed by atoms with van der Waals surface area (Å²) in [6, 6.07) is 12.5. The van der Waals surface area contributed by atoms with Crippen LogP contribution in [0.2, 0.25) is 10.0 Å². The first-order chi connectivity index (χ1) is 8.66. The van der Waals surface area contributed by atoms with Crippen LogP contribution in [-0.4, -0.2) is 0 Å². The van der Waals surface area contributed by atoms with Crippen molar-refractivity contribution in [3.63, 3.8) is 0 Å². The quantitative estimate of drug-likeness (QED) is 0.876. The zero-order valence-electron chi connectivity index (χ0n) is 9.59. The highest BCUT2D eigenvalue weighted by Gasteiger charge is 2.05. The molecule has 0 saturated carbocycles. The van der Waals surface area contributed by atoms with Crippen molar-refractivity contribution in [1.82, 2.24) is 5.32 Å². The fourth-order valence-electron chi connectivity index (χ4n) is 1.67. The molecule has 2 aromatic rings. The van der Waals surface area contributed by atoms with Crippen molar-refractivity contribution in [1.29, 1.82) is 0 Å². The predicted octanol–water partition coefficient (Wildman–Crippen LogP) is 4.42. The van der Waals surface area contributed by atoms with Crippen LogP contribution in [0.4, 0.5) is 4.39 Å². The topological polar surface area (TPSA) is 12.0 Å². The number of hydrogen-bond acceptors (Lipinski definition) is 1. The molecule has 0 amide bonds. The van der Waals surface area contributed by atoms with Crippen molar-refractivity contribution < 1.29 is 4.39 Å². The molecule has 0 spiro atoms. The number of nitrogens with one attached hydrogen (secondary N) is 1. The van der Waals surface area contributed by atoms with Gasteiger partial charge in [0.2, 0.25) is 0 Å². The van der Waals surface area contributed by atoms with Crippen LogP contribution >= 0.6 is 23.2 Å². The van der Waals surface area contributed by atoms with Crippen LogP contribution in [0, 0.1) is 5.82 Å². The van der Waals surface area contributed by atoms with Gasteiger partial charge in [0.15, 0.2) is 0 Å². The molecule has 0 radical (unpaired) electrons.